The van der Waals surface area contributed by atoms with Gasteiger partial charge in [0.15, 0.2) is 11.5 Å². The second-order valence-electron chi connectivity index (χ2n) is 4.02. The molecule has 1 aromatic heterocycles. The number of hydrogen-bond donors (Lipinski definition) is 1. The molecule has 94 valence electrons. The lowest BCUT2D eigenvalue weighted by molar-refractivity contribution is 0.171. The van der Waals surface area contributed by atoms with Crippen molar-refractivity contribution in [1.82, 2.24) is 9.78 Å². The second-order valence-corrected chi connectivity index (χ2v) is 4.02. The number of halogens is 1. The van der Waals surface area contributed by atoms with Gasteiger partial charge >= 0.3 is 0 Å². The van der Waals surface area contributed by atoms with Crippen LogP contribution >= 0.6 is 0 Å². The van der Waals surface area contributed by atoms with Crippen LogP contribution in [0.5, 0.6) is 11.5 Å². The Morgan fingerprint density at radius 3 is 2.83 bits per heavy atom. The molecule has 1 aliphatic heterocycles. The lowest BCUT2D eigenvalue weighted by Crippen LogP contribution is -2.16. The van der Waals surface area contributed by atoms with Gasteiger partial charge in [0.1, 0.15) is 30.5 Å². The summed E-state index contributed by atoms with van der Waals surface area (Å²) in [6.45, 7) is 0.855. The zero-order valence-corrected chi connectivity index (χ0v) is 9.81. The second kappa shape index (κ2) is 3.90. The number of ether oxygens (including phenoxy) is 2. The number of hydrogen-bond acceptors (Lipinski definition) is 4. The highest BCUT2D eigenvalue weighted by Crippen LogP contribution is 2.41. The smallest absolute Gasteiger partial charge is 0.173 e. The van der Waals surface area contributed by atoms with Gasteiger partial charge in [-0.25, -0.2) is 4.39 Å². The average molecular weight is 249 g/mol. The summed E-state index contributed by atoms with van der Waals surface area (Å²) in [5, 5.41) is 4.17. The predicted octanol–water partition coefficient (Wildman–Crippen LogP) is 1.58. The predicted molar refractivity (Wildman–Crippen MR) is 64.0 cm³/mol. The van der Waals surface area contributed by atoms with Crippen molar-refractivity contribution in [3.05, 3.63) is 24.0 Å². The van der Waals surface area contributed by atoms with Gasteiger partial charge in [0.25, 0.3) is 0 Å². The van der Waals surface area contributed by atoms with E-state index in [0.717, 1.165) is 0 Å². The Morgan fingerprint density at radius 2 is 2.11 bits per heavy atom. The molecule has 0 atom stereocenters. The number of rotatable bonds is 1. The van der Waals surface area contributed by atoms with Crippen molar-refractivity contribution < 1.29 is 13.9 Å². The molecule has 0 aliphatic carbocycles. The van der Waals surface area contributed by atoms with Crippen LogP contribution in [0.2, 0.25) is 0 Å². The first-order chi connectivity index (χ1) is 8.66. The molecule has 0 fully saturated rings. The summed E-state index contributed by atoms with van der Waals surface area (Å²) in [5.74, 6) is 0.970. The first kappa shape index (κ1) is 10.9. The van der Waals surface area contributed by atoms with Crippen molar-refractivity contribution in [1.29, 1.82) is 0 Å². The minimum Gasteiger partial charge on any atom is -0.486 e. The van der Waals surface area contributed by atoms with Crippen LogP contribution in [0.25, 0.3) is 11.3 Å². The van der Waals surface area contributed by atoms with Crippen molar-refractivity contribution in [2.24, 2.45) is 7.05 Å². The van der Waals surface area contributed by atoms with E-state index >= 15 is 0 Å². The third-order valence-electron chi connectivity index (χ3n) is 2.83. The van der Waals surface area contributed by atoms with Crippen LogP contribution in [0.1, 0.15) is 0 Å². The quantitative estimate of drug-likeness (QED) is 0.833. The molecule has 1 aliphatic rings. The molecule has 0 spiro atoms. The maximum Gasteiger partial charge on any atom is 0.173 e. The van der Waals surface area contributed by atoms with Crippen molar-refractivity contribution in [2.45, 2.75) is 0 Å². The molecule has 0 unspecified atom stereocenters. The van der Waals surface area contributed by atoms with Gasteiger partial charge in [0, 0.05) is 13.1 Å². The summed E-state index contributed by atoms with van der Waals surface area (Å²) < 4.78 is 26.4. The number of aryl methyl sites for hydroxylation is 1. The molecule has 3 rings (SSSR count). The van der Waals surface area contributed by atoms with Crippen LogP contribution in [0.3, 0.4) is 0 Å². The molecular formula is C12H12FN3O2. The molecule has 0 bridgehead atoms. The number of fused-ring (bicyclic) bond motifs is 1. The summed E-state index contributed by atoms with van der Waals surface area (Å²) in [7, 11) is 1.70. The fourth-order valence-electron chi connectivity index (χ4n) is 1.93. The van der Waals surface area contributed by atoms with Gasteiger partial charge in [0.2, 0.25) is 0 Å². The van der Waals surface area contributed by atoms with Crippen LogP contribution in [0.15, 0.2) is 18.2 Å². The molecule has 6 heteroatoms. The Bertz CT molecular complexity index is 590. The molecule has 2 aromatic rings. The van der Waals surface area contributed by atoms with Crippen LogP contribution in [0.4, 0.5) is 10.2 Å². The summed E-state index contributed by atoms with van der Waals surface area (Å²) in [4.78, 5) is 0. The van der Waals surface area contributed by atoms with Gasteiger partial charge in [-0.05, 0) is 12.1 Å². The van der Waals surface area contributed by atoms with E-state index in [2.05, 4.69) is 5.10 Å². The average Bonchev–Trinajstić information content (AvgIpc) is 2.69. The monoisotopic (exact) mass is 249 g/mol. The van der Waals surface area contributed by atoms with Gasteiger partial charge in [0.05, 0.1) is 5.56 Å². The normalized spacial score (nSPS) is 13.7. The van der Waals surface area contributed by atoms with Crippen LogP contribution in [-0.2, 0) is 7.05 Å². The maximum absolute atomic E-state index is 14.0. The Hall–Kier alpha value is -2.24. The van der Waals surface area contributed by atoms with E-state index in [1.807, 2.05) is 0 Å². The van der Waals surface area contributed by atoms with Crippen molar-refractivity contribution >= 4 is 5.82 Å². The van der Waals surface area contributed by atoms with Crippen LogP contribution < -0.4 is 15.2 Å². The molecule has 0 saturated carbocycles. The van der Waals surface area contributed by atoms with E-state index in [0.29, 0.717) is 41.8 Å². The summed E-state index contributed by atoms with van der Waals surface area (Å²) in [6.07, 6.45) is 0. The lowest BCUT2D eigenvalue weighted by atomic mass is 10.1. The molecule has 0 amide bonds. The molecule has 5 nitrogen and oxygen atoms in total. The topological polar surface area (TPSA) is 62.3 Å². The van der Waals surface area contributed by atoms with Crippen molar-refractivity contribution in [2.75, 3.05) is 18.9 Å². The third kappa shape index (κ3) is 1.57. The molecule has 0 radical (unpaired) electrons. The highest BCUT2D eigenvalue weighted by atomic mass is 19.1. The Morgan fingerprint density at radius 1 is 1.33 bits per heavy atom. The SMILES string of the molecule is Cn1nc(-c2c(F)ccc3c2OCCO3)cc1N. The highest BCUT2D eigenvalue weighted by Gasteiger charge is 2.22. The maximum atomic E-state index is 14.0. The number of aromatic nitrogens is 2. The number of nitrogen functional groups attached to an aromatic ring is 1. The number of anilines is 1. The Kier molecular flexibility index (Phi) is 2.36. The van der Waals surface area contributed by atoms with Crippen LogP contribution in [-0.4, -0.2) is 23.0 Å². The minimum absolute atomic E-state index is 0.291. The van der Waals surface area contributed by atoms with E-state index in [-0.39, 0.29) is 0 Å². The first-order valence-corrected chi connectivity index (χ1v) is 5.55. The molecule has 2 N–H and O–H groups in total. The fourth-order valence-corrected chi connectivity index (χ4v) is 1.93. The highest BCUT2D eigenvalue weighted by molar-refractivity contribution is 5.73. The van der Waals surface area contributed by atoms with Crippen molar-refractivity contribution in [3.63, 3.8) is 0 Å². The number of nitrogens with zero attached hydrogens (tertiary/aromatic N) is 2. The van der Waals surface area contributed by atoms with Gasteiger partial charge < -0.3 is 15.2 Å². The van der Waals surface area contributed by atoms with E-state index in [1.54, 1.807) is 19.2 Å². The van der Waals surface area contributed by atoms with Crippen molar-refractivity contribution in [3.8, 4) is 22.8 Å². The van der Waals surface area contributed by atoms with Gasteiger partial charge in [-0.2, -0.15) is 5.10 Å². The molecular weight excluding hydrogens is 237 g/mol. The summed E-state index contributed by atoms with van der Waals surface area (Å²) >= 11 is 0. The zero-order valence-electron chi connectivity index (χ0n) is 9.81. The van der Waals surface area contributed by atoms with E-state index < -0.39 is 5.82 Å². The molecule has 1 aromatic carbocycles. The van der Waals surface area contributed by atoms with Crippen LogP contribution in [0, 0.1) is 5.82 Å². The standard InChI is InChI=1S/C12H12FN3O2/c1-16-10(14)6-8(15-16)11-7(13)2-3-9-12(11)18-5-4-17-9/h2-3,6H,4-5,14H2,1H3. The van der Waals surface area contributed by atoms with E-state index in [4.69, 9.17) is 15.2 Å². The number of benzene rings is 1. The first-order valence-electron chi connectivity index (χ1n) is 5.55. The van der Waals surface area contributed by atoms with E-state index in [9.17, 15) is 4.39 Å². The minimum atomic E-state index is -0.405. The largest absolute Gasteiger partial charge is 0.486 e. The summed E-state index contributed by atoms with van der Waals surface area (Å²) in [5.41, 5.74) is 6.44. The Labute approximate surface area is 103 Å². The fraction of sp³-hybridized carbons (Fsp3) is 0.250. The molecule has 18 heavy (non-hydrogen) atoms. The Balaban J connectivity index is 2.21. The number of nitrogens with two attached hydrogens (primary N) is 1. The zero-order chi connectivity index (χ0) is 12.7. The lowest BCUT2D eigenvalue weighted by Gasteiger charge is -2.20. The molecule has 2 heterocycles. The molecule has 0 saturated heterocycles. The third-order valence-corrected chi connectivity index (χ3v) is 2.83. The van der Waals surface area contributed by atoms with Gasteiger partial charge in [-0.15, -0.1) is 0 Å². The van der Waals surface area contributed by atoms with E-state index in [1.165, 1.54) is 10.7 Å². The summed E-state index contributed by atoms with van der Waals surface area (Å²) in [6, 6.07) is 4.50. The van der Waals surface area contributed by atoms with Gasteiger partial charge in [-0.3, -0.25) is 4.68 Å². The van der Waals surface area contributed by atoms with Gasteiger partial charge in [-0.1, -0.05) is 0 Å².